The van der Waals surface area contributed by atoms with E-state index < -0.39 is 0 Å². The lowest BCUT2D eigenvalue weighted by Gasteiger charge is -2.31. The first-order chi connectivity index (χ1) is 6.31. The van der Waals surface area contributed by atoms with Gasteiger partial charge < -0.3 is 0 Å². The van der Waals surface area contributed by atoms with Crippen molar-refractivity contribution in [2.45, 2.75) is 46.5 Å². The first-order valence-corrected chi connectivity index (χ1v) is 5.08. The lowest BCUT2D eigenvalue weighted by atomic mass is 9.74. The highest BCUT2D eigenvalue weighted by Crippen LogP contribution is 2.34. The van der Waals surface area contributed by atoms with E-state index in [1.54, 1.807) is 12.4 Å². The second-order valence-electron chi connectivity index (χ2n) is 5.71. The third-order valence-electron chi connectivity index (χ3n) is 2.23. The van der Waals surface area contributed by atoms with E-state index in [-0.39, 0.29) is 5.41 Å². The average molecular weight is 192 g/mol. The van der Waals surface area contributed by atoms with Crippen LogP contribution >= 0.6 is 0 Å². The van der Waals surface area contributed by atoms with Crippen LogP contribution in [0.15, 0.2) is 18.6 Å². The van der Waals surface area contributed by atoms with Gasteiger partial charge in [-0.15, -0.1) is 0 Å². The van der Waals surface area contributed by atoms with Crippen LogP contribution in [0.1, 0.15) is 46.7 Å². The van der Waals surface area contributed by atoms with Crippen molar-refractivity contribution in [1.82, 2.24) is 9.97 Å². The molecule has 1 rings (SSSR count). The minimum Gasteiger partial charge on any atom is -0.261 e. The summed E-state index contributed by atoms with van der Waals surface area (Å²) in [4.78, 5) is 8.49. The summed E-state index contributed by atoms with van der Waals surface area (Å²) in [5.41, 5.74) is 1.50. The molecule has 0 radical (unpaired) electrons. The van der Waals surface area contributed by atoms with Crippen LogP contribution in [0, 0.1) is 5.41 Å². The zero-order valence-electron chi connectivity index (χ0n) is 9.83. The molecule has 0 aromatic carbocycles. The van der Waals surface area contributed by atoms with Crippen molar-refractivity contribution in [2.24, 2.45) is 5.41 Å². The number of rotatable bonds is 2. The molecule has 0 fully saturated rings. The maximum Gasteiger partial charge on any atom is 0.0642 e. The van der Waals surface area contributed by atoms with Crippen LogP contribution < -0.4 is 0 Å². The average Bonchev–Trinajstić information content (AvgIpc) is 2.01. The van der Waals surface area contributed by atoms with Crippen molar-refractivity contribution in [3.05, 3.63) is 24.3 Å². The Morgan fingerprint density at radius 1 is 1.07 bits per heavy atom. The van der Waals surface area contributed by atoms with Crippen molar-refractivity contribution in [1.29, 1.82) is 0 Å². The quantitative estimate of drug-likeness (QED) is 0.719. The van der Waals surface area contributed by atoms with Crippen LogP contribution in [0.5, 0.6) is 0 Å². The molecule has 0 aliphatic heterocycles. The number of hydrogen-bond acceptors (Lipinski definition) is 2. The molecule has 2 heteroatoms. The molecule has 0 spiro atoms. The van der Waals surface area contributed by atoms with Crippen molar-refractivity contribution in [2.75, 3.05) is 0 Å². The molecule has 1 heterocycles. The SMILES string of the molecule is CC(C)(C)CC(C)(C)c1cnccn1. The van der Waals surface area contributed by atoms with E-state index in [1.807, 2.05) is 6.20 Å². The Hall–Kier alpha value is -0.920. The van der Waals surface area contributed by atoms with Gasteiger partial charge in [-0.2, -0.15) is 0 Å². The van der Waals surface area contributed by atoms with Crippen LogP contribution in [0.2, 0.25) is 0 Å². The fourth-order valence-electron chi connectivity index (χ4n) is 2.06. The van der Waals surface area contributed by atoms with E-state index in [2.05, 4.69) is 44.6 Å². The zero-order chi connectivity index (χ0) is 10.8. The Kier molecular flexibility index (Phi) is 2.93. The molecule has 14 heavy (non-hydrogen) atoms. The van der Waals surface area contributed by atoms with Crippen molar-refractivity contribution in [3.8, 4) is 0 Å². The summed E-state index contributed by atoms with van der Waals surface area (Å²) in [6.07, 6.45) is 6.46. The Morgan fingerprint density at radius 3 is 2.14 bits per heavy atom. The molecule has 0 aliphatic carbocycles. The highest BCUT2D eigenvalue weighted by Gasteiger charge is 2.28. The molecule has 0 amide bonds. The molecule has 0 saturated heterocycles. The van der Waals surface area contributed by atoms with E-state index in [1.165, 1.54) is 0 Å². The Bertz CT molecular complexity index is 283. The van der Waals surface area contributed by atoms with Gasteiger partial charge in [0.15, 0.2) is 0 Å². The fraction of sp³-hybridized carbons (Fsp3) is 0.667. The van der Waals surface area contributed by atoms with Crippen molar-refractivity contribution >= 4 is 0 Å². The van der Waals surface area contributed by atoms with E-state index in [0.29, 0.717) is 5.41 Å². The molecule has 2 nitrogen and oxygen atoms in total. The molecule has 0 aliphatic rings. The second-order valence-corrected chi connectivity index (χ2v) is 5.71. The maximum absolute atomic E-state index is 4.37. The molecule has 0 bridgehead atoms. The lowest BCUT2D eigenvalue weighted by Crippen LogP contribution is -2.25. The van der Waals surface area contributed by atoms with Crippen LogP contribution in [-0.4, -0.2) is 9.97 Å². The van der Waals surface area contributed by atoms with Gasteiger partial charge in [0.1, 0.15) is 0 Å². The summed E-state index contributed by atoms with van der Waals surface area (Å²) in [6.45, 7) is 11.2. The fourth-order valence-corrected chi connectivity index (χ4v) is 2.06. The van der Waals surface area contributed by atoms with E-state index in [9.17, 15) is 0 Å². The number of hydrogen-bond donors (Lipinski definition) is 0. The topological polar surface area (TPSA) is 25.8 Å². The third-order valence-corrected chi connectivity index (χ3v) is 2.23. The normalized spacial score (nSPS) is 12.9. The Labute approximate surface area is 86.8 Å². The molecule has 0 saturated carbocycles. The van der Waals surface area contributed by atoms with Gasteiger partial charge in [-0.3, -0.25) is 9.97 Å². The van der Waals surface area contributed by atoms with Gasteiger partial charge in [-0.25, -0.2) is 0 Å². The molecule has 0 unspecified atom stereocenters. The van der Waals surface area contributed by atoms with Gasteiger partial charge >= 0.3 is 0 Å². The summed E-state index contributed by atoms with van der Waals surface area (Å²) in [5.74, 6) is 0. The summed E-state index contributed by atoms with van der Waals surface area (Å²) in [5, 5.41) is 0. The number of nitrogens with zero attached hydrogens (tertiary/aromatic N) is 2. The van der Waals surface area contributed by atoms with Gasteiger partial charge in [0.2, 0.25) is 0 Å². The standard InChI is InChI=1S/C12H20N2/c1-11(2,3)9-12(4,5)10-8-13-6-7-14-10/h6-8H,9H2,1-5H3. The molecule has 78 valence electrons. The van der Waals surface area contributed by atoms with Gasteiger partial charge in [-0.05, 0) is 11.8 Å². The summed E-state index contributed by atoms with van der Waals surface area (Å²) < 4.78 is 0. The minimum atomic E-state index is 0.104. The predicted octanol–water partition coefficient (Wildman–Crippen LogP) is 3.19. The van der Waals surface area contributed by atoms with Crippen molar-refractivity contribution < 1.29 is 0 Å². The summed E-state index contributed by atoms with van der Waals surface area (Å²) in [6, 6.07) is 0. The molecule has 1 aromatic rings. The van der Waals surface area contributed by atoms with Crippen LogP contribution in [-0.2, 0) is 5.41 Å². The highest BCUT2D eigenvalue weighted by atomic mass is 14.8. The smallest absolute Gasteiger partial charge is 0.0642 e. The van der Waals surface area contributed by atoms with Gasteiger partial charge in [-0.1, -0.05) is 34.6 Å². The van der Waals surface area contributed by atoms with E-state index in [0.717, 1.165) is 12.1 Å². The van der Waals surface area contributed by atoms with Crippen molar-refractivity contribution in [3.63, 3.8) is 0 Å². The molecule has 0 atom stereocenters. The lowest BCUT2D eigenvalue weighted by molar-refractivity contribution is 0.279. The van der Waals surface area contributed by atoms with E-state index in [4.69, 9.17) is 0 Å². The first-order valence-electron chi connectivity index (χ1n) is 5.08. The largest absolute Gasteiger partial charge is 0.261 e. The van der Waals surface area contributed by atoms with E-state index >= 15 is 0 Å². The Morgan fingerprint density at radius 2 is 1.71 bits per heavy atom. The number of aromatic nitrogens is 2. The van der Waals surface area contributed by atoms with Crippen LogP contribution in [0.4, 0.5) is 0 Å². The predicted molar refractivity (Wildman–Crippen MR) is 59.1 cm³/mol. The minimum absolute atomic E-state index is 0.104. The monoisotopic (exact) mass is 192 g/mol. The Balaban J connectivity index is 2.86. The van der Waals surface area contributed by atoms with Crippen LogP contribution in [0.25, 0.3) is 0 Å². The third kappa shape index (κ3) is 3.09. The molecule has 1 aromatic heterocycles. The molecular weight excluding hydrogens is 172 g/mol. The molecule has 0 N–H and O–H groups in total. The highest BCUT2D eigenvalue weighted by molar-refractivity contribution is 5.10. The van der Waals surface area contributed by atoms with Gasteiger partial charge in [0, 0.05) is 24.0 Å². The first kappa shape index (κ1) is 11.2. The van der Waals surface area contributed by atoms with Crippen LogP contribution in [0.3, 0.4) is 0 Å². The molecular formula is C12H20N2. The second kappa shape index (κ2) is 3.68. The summed E-state index contributed by atoms with van der Waals surface area (Å²) in [7, 11) is 0. The maximum atomic E-state index is 4.37. The zero-order valence-corrected chi connectivity index (χ0v) is 9.83. The van der Waals surface area contributed by atoms with Gasteiger partial charge in [0.25, 0.3) is 0 Å². The summed E-state index contributed by atoms with van der Waals surface area (Å²) >= 11 is 0. The van der Waals surface area contributed by atoms with Gasteiger partial charge in [0.05, 0.1) is 5.69 Å².